The van der Waals surface area contributed by atoms with Gasteiger partial charge >= 0.3 is 6.01 Å². The Balaban J connectivity index is 1.52. The van der Waals surface area contributed by atoms with Crippen molar-refractivity contribution in [3.63, 3.8) is 0 Å². The molecule has 10 heteroatoms. The number of anilines is 2. The largest absolute Gasteiger partial charge is 0.408 e. The minimum absolute atomic E-state index is 0.0296. The Bertz CT molecular complexity index is 963. The van der Waals surface area contributed by atoms with Crippen molar-refractivity contribution < 1.29 is 17.6 Å². The first-order chi connectivity index (χ1) is 12.4. The minimum atomic E-state index is -3.61. The van der Waals surface area contributed by atoms with E-state index in [9.17, 15) is 13.2 Å². The van der Waals surface area contributed by atoms with Gasteiger partial charge in [0.15, 0.2) is 0 Å². The van der Waals surface area contributed by atoms with Crippen LogP contribution in [0.4, 0.5) is 11.7 Å². The van der Waals surface area contributed by atoms with Crippen molar-refractivity contribution in [2.45, 2.75) is 18.2 Å². The van der Waals surface area contributed by atoms with Crippen molar-refractivity contribution in [1.82, 2.24) is 14.5 Å². The smallest absolute Gasteiger partial charge is 0.318 e. The minimum Gasteiger partial charge on any atom is -0.408 e. The fourth-order valence-electron chi connectivity index (χ4n) is 3.29. The number of amides is 1. The van der Waals surface area contributed by atoms with E-state index in [0.29, 0.717) is 38.1 Å². The van der Waals surface area contributed by atoms with E-state index in [-0.39, 0.29) is 17.2 Å². The van der Waals surface area contributed by atoms with E-state index in [0.717, 1.165) is 11.3 Å². The number of rotatable bonds is 3. The van der Waals surface area contributed by atoms with E-state index in [2.05, 4.69) is 10.2 Å². The summed E-state index contributed by atoms with van der Waals surface area (Å²) in [6, 6.07) is 5.29. The van der Waals surface area contributed by atoms with E-state index < -0.39 is 10.0 Å². The standard InChI is InChI=1S/C16H19N5O4S/c1-11-17-18-16(25-11)20-5-7-21(8-6-20)26(23,24)13-3-4-14-12(9-13)10-15(22)19(14)2/h3-4,9H,5-8,10H2,1-2H3. The van der Waals surface area contributed by atoms with Crippen LogP contribution in [0.1, 0.15) is 11.5 Å². The normalized spacial score (nSPS) is 18.5. The average molecular weight is 377 g/mol. The number of nitrogens with zero attached hydrogens (tertiary/aromatic N) is 5. The summed E-state index contributed by atoms with van der Waals surface area (Å²) in [5.41, 5.74) is 1.52. The molecule has 0 aliphatic carbocycles. The maximum absolute atomic E-state index is 13.0. The first-order valence-corrected chi connectivity index (χ1v) is 9.75. The van der Waals surface area contributed by atoms with Gasteiger partial charge in [-0.2, -0.15) is 4.31 Å². The molecule has 138 valence electrons. The lowest BCUT2D eigenvalue weighted by atomic mass is 10.2. The SMILES string of the molecule is Cc1nnc(N2CCN(S(=O)(=O)c3ccc4c(c3)CC(=O)N4C)CC2)o1. The number of likely N-dealkylation sites (N-methyl/N-ethyl adjacent to an activating group) is 1. The van der Waals surface area contributed by atoms with Gasteiger partial charge in [0.1, 0.15) is 0 Å². The van der Waals surface area contributed by atoms with E-state index >= 15 is 0 Å². The quantitative estimate of drug-likeness (QED) is 0.764. The van der Waals surface area contributed by atoms with Gasteiger partial charge in [-0.05, 0) is 23.8 Å². The molecule has 0 spiro atoms. The summed E-state index contributed by atoms with van der Waals surface area (Å²) in [6.45, 7) is 3.34. The summed E-state index contributed by atoms with van der Waals surface area (Å²) in [5.74, 6) is 0.450. The third-order valence-corrected chi connectivity index (χ3v) is 6.69. The predicted octanol–water partition coefficient (Wildman–Crippen LogP) is 0.408. The molecule has 1 fully saturated rings. The van der Waals surface area contributed by atoms with Gasteiger partial charge in [-0.15, -0.1) is 5.10 Å². The molecular formula is C16H19N5O4S. The molecule has 0 unspecified atom stereocenters. The van der Waals surface area contributed by atoms with Crippen molar-refractivity contribution in [1.29, 1.82) is 0 Å². The Morgan fingerprint density at radius 1 is 1.12 bits per heavy atom. The zero-order chi connectivity index (χ0) is 18.5. The Kier molecular flexibility index (Phi) is 3.96. The average Bonchev–Trinajstić information content (AvgIpc) is 3.18. The summed E-state index contributed by atoms with van der Waals surface area (Å²) >= 11 is 0. The molecule has 1 saturated heterocycles. The fourth-order valence-corrected chi connectivity index (χ4v) is 4.76. The molecule has 2 aromatic rings. The lowest BCUT2D eigenvalue weighted by Crippen LogP contribution is -2.48. The van der Waals surface area contributed by atoms with Crippen LogP contribution < -0.4 is 9.80 Å². The molecule has 0 N–H and O–H groups in total. The van der Waals surface area contributed by atoms with Gasteiger partial charge < -0.3 is 14.2 Å². The Labute approximate surface area is 151 Å². The lowest BCUT2D eigenvalue weighted by Gasteiger charge is -2.32. The van der Waals surface area contributed by atoms with Gasteiger partial charge in [-0.25, -0.2) is 8.42 Å². The second-order valence-electron chi connectivity index (χ2n) is 6.41. The van der Waals surface area contributed by atoms with Crippen molar-refractivity contribution in [2.75, 3.05) is 43.0 Å². The summed E-state index contributed by atoms with van der Waals surface area (Å²) in [6.07, 6.45) is 0.236. The number of aryl methyl sites for hydroxylation is 1. The zero-order valence-electron chi connectivity index (χ0n) is 14.5. The summed E-state index contributed by atoms with van der Waals surface area (Å²) in [7, 11) is -1.91. The third-order valence-electron chi connectivity index (χ3n) is 4.79. The Morgan fingerprint density at radius 2 is 1.85 bits per heavy atom. The first-order valence-electron chi connectivity index (χ1n) is 8.31. The number of benzene rings is 1. The van der Waals surface area contributed by atoms with Crippen LogP contribution >= 0.6 is 0 Å². The fraction of sp³-hybridized carbons (Fsp3) is 0.438. The van der Waals surface area contributed by atoms with Crippen LogP contribution in [0.5, 0.6) is 0 Å². The van der Waals surface area contributed by atoms with E-state index in [1.807, 2.05) is 4.90 Å². The van der Waals surface area contributed by atoms with Gasteiger partial charge in [0, 0.05) is 45.8 Å². The number of carbonyl (C=O) groups excluding carboxylic acids is 1. The predicted molar refractivity (Wildman–Crippen MR) is 93.6 cm³/mol. The number of hydrogen-bond acceptors (Lipinski definition) is 7. The van der Waals surface area contributed by atoms with E-state index in [1.165, 1.54) is 4.31 Å². The van der Waals surface area contributed by atoms with Crippen LogP contribution in [-0.4, -0.2) is 62.1 Å². The van der Waals surface area contributed by atoms with E-state index in [1.54, 1.807) is 37.1 Å². The second kappa shape index (κ2) is 6.06. The van der Waals surface area contributed by atoms with Crippen LogP contribution in [0.15, 0.2) is 27.5 Å². The highest BCUT2D eigenvalue weighted by molar-refractivity contribution is 7.89. The molecule has 3 heterocycles. The molecule has 0 atom stereocenters. The van der Waals surface area contributed by atoms with Crippen molar-refractivity contribution >= 4 is 27.6 Å². The molecule has 0 bridgehead atoms. The van der Waals surface area contributed by atoms with Crippen LogP contribution in [0, 0.1) is 6.92 Å². The molecule has 2 aliphatic rings. The van der Waals surface area contributed by atoms with Gasteiger partial charge in [-0.1, -0.05) is 5.10 Å². The van der Waals surface area contributed by atoms with Gasteiger partial charge in [0.25, 0.3) is 0 Å². The molecule has 9 nitrogen and oxygen atoms in total. The molecule has 1 amide bonds. The molecule has 1 aromatic carbocycles. The van der Waals surface area contributed by atoms with Crippen LogP contribution in [0.3, 0.4) is 0 Å². The topological polar surface area (TPSA) is 99.8 Å². The summed E-state index contributed by atoms with van der Waals surface area (Å²) in [5, 5.41) is 7.77. The van der Waals surface area contributed by atoms with Crippen LogP contribution in [-0.2, 0) is 21.2 Å². The molecule has 2 aliphatic heterocycles. The summed E-state index contributed by atoms with van der Waals surface area (Å²) in [4.78, 5) is 15.5. The molecule has 0 radical (unpaired) electrons. The molecule has 26 heavy (non-hydrogen) atoms. The van der Waals surface area contributed by atoms with Crippen LogP contribution in [0.25, 0.3) is 0 Å². The van der Waals surface area contributed by atoms with Gasteiger partial charge in [-0.3, -0.25) is 4.79 Å². The second-order valence-corrected chi connectivity index (χ2v) is 8.35. The maximum Gasteiger partial charge on any atom is 0.318 e. The van der Waals surface area contributed by atoms with E-state index in [4.69, 9.17) is 4.42 Å². The Hall–Kier alpha value is -2.46. The molecule has 4 rings (SSSR count). The summed E-state index contributed by atoms with van der Waals surface area (Å²) < 4.78 is 32.8. The lowest BCUT2D eigenvalue weighted by molar-refractivity contribution is -0.117. The zero-order valence-corrected chi connectivity index (χ0v) is 15.4. The highest BCUT2D eigenvalue weighted by Gasteiger charge is 2.32. The number of aromatic nitrogens is 2. The van der Waals surface area contributed by atoms with Gasteiger partial charge in [0.05, 0.1) is 11.3 Å². The number of hydrogen-bond donors (Lipinski definition) is 0. The third kappa shape index (κ3) is 2.74. The highest BCUT2D eigenvalue weighted by atomic mass is 32.2. The Morgan fingerprint density at radius 3 is 2.50 bits per heavy atom. The van der Waals surface area contributed by atoms with Crippen molar-refractivity contribution in [2.24, 2.45) is 0 Å². The van der Waals surface area contributed by atoms with Crippen molar-refractivity contribution in [3.8, 4) is 0 Å². The molecule has 1 aromatic heterocycles. The highest BCUT2D eigenvalue weighted by Crippen LogP contribution is 2.31. The maximum atomic E-state index is 13.0. The number of piperazine rings is 1. The monoisotopic (exact) mass is 377 g/mol. The molecule has 0 saturated carbocycles. The first kappa shape index (κ1) is 17.0. The van der Waals surface area contributed by atoms with Gasteiger partial charge in [0.2, 0.25) is 21.8 Å². The van der Waals surface area contributed by atoms with Crippen LogP contribution in [0.2, 0.25) is 0 Å². The molecular weight excluding hydrogens is 358 g/mol. The van der Waals surface area contributed by atoms with Crippen molar-refractivity contribution in [3.05, 3.63) is 29.7 Å². The number of carbonyl (C=O) groups is 1. The number of sulfonamides is 1. The number of fused-ring (bicyclic) bond motifs is 1.